The minimum Gasteiger partial charge on any atom is -0.393 e. The Bertz CT molecular complexity index is 161. The normalized spacial score (nSPS) is 13.4. The fraction of sp³-hybridized carbons (Fsp3) is 0.875. The third-order valence-corrected chi connectivity index (χ3v) is 3.13. The molecule has 0 aromatic carbocycles. The molecule has 1 nitrogen and oxygen atoms in total. The van der Waals surface area contributed by atoms with Crippen LogP contribution in [0.5, 0.6) is 0 Å². The zero-order valence-electron chi connectivity index (χ0n) is 12.0. The first kappa shape index (κ1) is 16.7. The summed E-state index contributed by atoms with van der Waals surface area (Å²) in [4.78, 5) is 0. The second-order valence-electron chi connectivity index (χ2n) is 5.16. The lowest BCUT2D eigenvalue weighted by Gasteiger charge is -2.02. The molecule has 0 fully saturated rings. The summed E-state index contributed by atoms with van der Waals surface area (Å²) < 4.78 is 0. The van der Waals surface area contributed by atoms with E-state index < -0.39 is 0 Å². The fourth-order valence-electron chi connectivity index (χ4n) is 1.98. The Hall–Kier alpha value is -0.300. The predicted octanol–water partition coefficient (Wildman–Crippen LogP) is 5.23. The highest BCUT2D eigenvalue weighted by atomic mass is 16.3. The van der Waals surface area contributed by atoms with E-state index >= 15 is 0 Å². The van der Waals surface area contributed by atoms with Crippen molar-refractivity contribution in [3.63, 3.8) is 0 Å². The van der Waals surface area contributed by atoms with Gasteiger partial charge < -0.3 is 5.11 Å². The molecule has 0 aliphatic carbocycles. The van der Waals surface area contributed by atoms with Crippen molar-refractivity contribution in [3.8, 4) is 0 Å². The van der Waals surface area contributed by atoms with Gasteiger partial charge in [-0.25, -0.2) is 0 Å². The molecule has 0 spiro atoms. The molecule has 1 heteroatoms. The number of aliphatic hydroxyl groups is 1. The molecule has 0 amide bonds. The molecule has 1 N–H and O–H groups in total. The van der Waals surface area contributed by atoms with Crippen molar-refractivity contribution < 1.29 is 5.11 Å². The van der Waals surface area contributed by atoms with E-state index in [2.05, 4.69) is 19.1 Å². The van der Waals surface area contributed by atoms with E-state index in [1.54, 1.807) is 0 Å². The average Bonchev–Trinajstić information content (AvgIpc) is 2.30. The van der Waals surface area contributed by atoms with Crippen LogP contribution in [0.1, 0.15) is 84.5 Å². The molecule has 1 atom stereocenters. The van der Waals surface area contributed by atoms with Crippen LogP contribution in [0.2, 0.25) is 0 Å². The van der Waals surface area contributed by atoms with Gasteiger partial charge >= 0.3 is 0 Å². The minimum absolute atomic E-state index is 0.117. The summed E-state index contributed by atoms with van der Waals surface area (Å²) in [5.41, 5.74) is 0. The Morgan fingerprint density at radius 2 is 1.35 bits per heavy atom. The third kappa shape index (κ3) is 15.7. The van der Waals surface area contributed by atoms with E-state index in [-0.39, 0.29) is 6.10 Å². The SMILES string of the molecule is CCCCCCCC=CCCCCCC(C)O. The minimum atomic E-state index is -0.117. The Kier molecular flexibility index (Phi) is 13.5. The maximum atomic E-state index is 9.10. The summed E-state index contributed by atoms with van der Waals surface area (Å²) in [5, 5.41) is 9.10. The van der Waals surface area contributed by atoms with Gasteiger partial charge in [-0.1, -0.05) is 57.6 Å². The molecule has 0 aliphatic heterocycles. The number of rotatable bonds is 12. The molecule has 0 saturated heterocycles. The Labute approximate surface area is 108 Å². The van der Waals surface area contributed by atoms with Gasteiger partial charge in [0.1, 0.15) is 0 Å². The highest BCUT2D eigenvalue weighted by molar-refractivity contribution is 4.81. The first-order chi connectivity index (χ1) is 8.27. The van der Waals surface area contributed by atoms with Crippen LogP contribution in [0.15, 0.2) is 12.2 Å². The van der Waals surface area contributed by atoms with E-state index in [1.165, 1.54) is 64.2 Å². The van der Waals surface area contributed by atoms with Crippen molar-refractivity contribution in [3.05, 3.63) is 12.2 Å². The van der Waals surface area contributed by atoms with E-state index in [0.29, 0.717) is 0 Å². The van der Waals surface area contributed by atoms with Crippen molar-refractivity contribution in [2.45, 2.75) is 90.6 Å². The highest BCUT2D eigenvalue weighted by Gasteiger charge is 1.94. The lowest BCUT2D eigenvalue weighted by Crippen LogP contribution is -1.97. The summed E-state index contributed by atoms with van der Waals surface area (Å²) in [6.45, 7) is 4.13. The molecular formula is C16H32O. The summed E-state index contributed by atoms with van der Waals surface area (Å²) in [6, 6.07) is 0. The molecule has 0 heterocycles. The van der Waals surface area contributed by atoms with Crippen LogP contribution >= 0.6 is 0 Å². The van der Waals surface area contributed by atoms with Gasteiger partial charge in [0, 0.05) is 0 Å². The van der Waals surface area contributed by atoms with Gasteiger partial charge in [-0.05, 0) is 39.0 Å². The van der Waals surface area contributed by atoms with Gasteiger partial charge in [-0.15, -0.1) is 0 Å². The van der Waals surface area contributed by atoms with Gasteiger partial charge in [0.15, 0.2) is 0 Å². The van der Waals surface area contributed by atoms with E-state index in [0.717, 1.165) is 6.42 Å². The summed E-state index contributed by atoms with van der Waals surface area (Å²) in [5.74, 6) is 0. The zero-order chi connectivity index (χ0) is 12.8. The van der Waals surface area contributed by atoms with Gasteiger partial charge in [0.25, 0.3) is 0 Å². The summed E-state index contributed by atoms with van der Waals surface area (Å²) in [7, 11) is 0. The average molecular weight is 240 g/mol. The van der Waals surface area contributed by atoms with Crippen LogP contribution in [0, 0.1) is 0 Å². The van der Waals surface area contributed by atoms with Crippen LogP contribution in [0.4, 0.5) is 0 Å². The molecule has 0 aromatic heterocycles. The fourth-order valence-corrected chi connectivity index (χ4v) is 1.98. The largest absolute Gasteiger partial charge is 0.393 e. The van der Waals surface area contributed by atoms with Crippen LogP contribution < -0.4 is 0 Å². The number of hydrogen-bond acceptors (Lipinski definition) is 1. The lowest BCUT2D eigenvalue weighted by atomic mass is 10.1. The van der Waals surface area contributed by atoms with E-state index in [9.17, 15) is 0 Å². The van der Waals surface area contributed by atoms with Gasteiger partial charge in [-0.3, -0.25) is 0 Å². The van der Waals surface area contributed by atoms with Crippen LogP contribution in [0.3, 0.4) is 0 Å². The molecule has 102 valence electrons. The van der Waals surface area contributed by atoms with Gasteiger partial charge in [0.05, 0.1) is 6.10 Å². The highest BCUT2D eigenvalue weighted by Crippen LogP contribution is 2.08. The quantitative estimate of drug-likeness (QED) is 0.365. The van der Waals surface area contributed by atoms with Crippen molar-refractivity contribution in [1.29, 1.82) is 0 Å². The second kappa shape index (κ2) is 13.8. The number of hydrogen-bond donors (Lipinski definition) is 1. The molecule has 0 aliphatic rings. The van der Waals surface area contributed by atoms with Crippen LogP contribution in [-0.2, 0) is 0 Å². The van der Waals surface area contributed by atoms with Gasteiger partial charge in [0.2, 0.25) is 0 Å². The van der Waals surface area contributed by atoms with E-state index in [1.807, 2.05) is 6.92 Å². The van der Waals surface area contributed by atoms with E-state index in [4.69, 9.17) is 5.11 Å². The third-order valence-electron chi connectivity index (χ3n) is 3.13. The molecule has 0 bridgehead atoms. The van der Waals surface area contributed by atoms with Crippen molar-refractivity contribution in [1.82, 2.24) is 0 Å². The predicted molar refractivity (Wildman–Crippen MR) is 77.3 cm³/mol. The van der Waals surface area contributed by atoms with Gasteiger partial charge in [-0.2, -0.15) is 0 Å². The van der Waals surface area contributed by atoms with Crippen LogP contribution in [-0.4, -0.2) is 11.2 Å². The molecule has 1 unspecified atom stereocenters. The Morgan fingerprint density at radius 3 is 1.88 bits per heavy atom. The van der Waals surface area contributed by atoms with Crippen molar-refractivity contribution in [2.75, 3.05) is 0 Å². The second-order valence-corrected chi connectivity index (χ2v) is 5.16. The first-order valence-electron chi connectivity index (χ1n) is 7.60. The molecule has 0 radical (unpaired) electrons. The standard InChI is InChI=1S/C16H32O/c1-3-4-5-6-7-8-9-10-11-12-13-14-15-16(2)17/h9-10,16-17H,3-8,11-15H2,1-2H3. The van der Waals surface area contributed by atoms with Crippen molar-refractivity contribution in [2.24, 2.45) is 0 Å². The lowest BCUT2D eigenvalue weighted by molar-refractivity contribution is 0.180. The summed E-state index contributed by atoms with van der Waals surface area (Å²) >= 11 is 0. The first-order valence-corrected chi connectivity index (χ1v) is 7.60. The monoisotopic (exact) mass is 240 g/mol. The Morgan fingerprint density at radius 1 is 0.824 bits per heavy atom. The maximum absolute atomic E-state index is 9.10. The maximum Gasteiger partial charge on any atom is 0.0512 e. The van der Waals surface area contributed by atoms with Crippen molar-refractivity contribution >= 4 is 0 Å². The molecule has 0 rings (SSSR count). The molecule has 0 saturated carbocycles. The molecule has 0 aromatic rings. The molecule has 17 heavy (non-hydrogen) atoms. The number of allylic oxidation sites excluding steroid dienone is 2. The topological polar surface area (TPSA) is 20.2 Å². The number of unbranched alkanes of at least 4 members (excludes halogenated alkanes) is 8. The zero-order valence-corrected chi connectivity index (χ0v) is 12.0. The smallest absolute Gasteiger partial charge is 0.0512 e. The number of aliphatic hydroxyl groups excluding tert-OH is 1. The van der Waals surface area contributed by atoms with Crippen LogP contribution in [0.25, 0.3) is 0 Å². The molecular weight excluding hydrogens is 208 g/mol. The summed E-state index contributed by atoms with van der Waals surface area (Å²) in [6.07, 6.45) is 18.6. The Balaban J connectivity index is 3.04.